The average molecular weight is 751 g/mol. The van der Waals surface area contributed by atoms with Crippen molar-refractivity contribution in [2.75, 3.05) is 37.6 Å². The number of urea groups is 1. The SMILES string of the molecule is CCC(C)[C@@H](C(=O)NCC[C@H](NC(=O)[C@@H]1COCN1S(=O)(=O)c1ccccc1)C(=O)O)N(C)C(=O)Cc1ccc(NC(=O)Nc2ccccc2C)cc1. The molecule has 0 aliphatic carbocycles. The molecule has 4 atom stereocenters. The maximum absolute atomic E-state index is 13.4. The number of aliphatic carboxylic acids is 1. The summed E-state index contributed by atoms with van der Waals surface area (Å²) >= 11 is 0. The van der Waals surface area contributed by atoms with E-state index in [1.54, 1.807) is 48.5 Å². The second-order valence-corrected chi connectivity index (χ2v) is 14.7. The number of rotatable bonds is 16. The van der Waals surface area contributed by atoms with E-state index in [0.29, 0.717) is 23.4 Å². The molecule has 0 spiro atoms. The van der Waals surface area contributed by atoms with E-state index in [4.69, 9.17) is 4.74 Å². The van der Waals surface area contributed by atoms with Crippen LogP contribution in [-0.4, -0.2) is 97.5 Å². The summed E-state index contributed by atoms with van der Waals surface area (Å²) in [7, 11) is -2.57. The zero-order chi connectivity index (χ0) is 38.7. The fourth-order valence-electron chi connectivity index (χ4n) is 5.77. The molecule has 0 aromatic heterocycles. The number of hydrogen-bond acceptors (Lipinski definition) is 8. The monoisotopic (exact) mass is 750 g/mol. The van der Waals surface area contributed by atoms with Crippen LogP contribution in [0.5, 0.6) is 0 Å². The number of likely N-dealkylation sites (N-methyl/N-ethyl adjacent to an activating group) is 1. The van der Waals surface area contributed by atoms with Gasteiger partial charge >= 0.3 is 12.0 Å². The first kappa shape index (κ1) is 40.5. The number of aryl methyl sites for hydroxylation is 1. The molecule has 5 N–H and O–H groups in total. The lowest BCUT2D eigenvalue weighted by Crippen LogP contribution is -2.54. The van der Waals surface area contributed by atoms with E-state index < -0.39 is 52.0 Å². The summed E-state index contributed by atoms with van der Waals surface area (Å²) < 4.78 is 32.4. The van der Waals surface area contributed by atoms with E-state index in [1.165, 1.54) is 24.1 Å². The Kier molecular flexibility index (Phi) is 14.1. The van der Waals surface area contributed by atoms with Crippen LogP contribution in [0, 0.1) is 12.8 Å². The number of ether oxygens (including phenoxy) is 1. The first-order valence-electron chi connectivity index (χ1n) is 17.2. The van der Waals surface area contributed by atoms with Crippen LogP contribution >= 0.6 is 0 Å². The zero-order valence-electron chi connectivity index (χ0n) is 30.1. The Morgan fingerprint density at radius 2 is 1.62 bits per heavy atom. The van der Waals surface area contributed by atoms with Crippen molar-refractivity contribution in [3.63, 3.8) is 0 Å². The van der Waals surface area contributed by atoms with Gasteiger partial charge in [-0.2, -0.15) is 4.31 Å². The summed E-state index contributed by atoms with van der Waals surface area (Å²) in [6.45, 7) is 4.82. The third-order valence-electron chi connectivity index (χ3n) is 9.06. The second-order valence-electron chi connectivity index (χ2n) is 12.8. The highest BCUT2D eigenvalue weighted by molar-refractivity contribution is 7.89. The summed E-state index contributed by atoms with van der Waals surface area (Å²) in [5.41, 5.74) is 2.79. The Labute approximate surface area is 309 Å². The maximum atomic E-state index is 13.4. The van der Waals surface area contributed by atoms with Crippen LogP contribution in [0.25, 0.3) is 0 Å². The van der Waals surface area contributed by atoms with Gasteiger partial charge in [0.2, 0.25) is 27.7 Å². The number of nitrogens with zero attached hydrogens (tertiary/aromatic N) is 2. The zero-order valence-corrected chi connectivity index (χ0v) is 30.9. The minimum absolute atomic E-state index is 0.0125. The first-order chi connectivity index (χ1) is 25.2. The minimum Gasteiger partial charge on any atom is -0.480 e. The average Bonchev–Trinajstić information content (AvgIpc) is 3.65. The number of hydrogen-bond donors (Lipinski definition) is 5. The number of sulfonamides is 1. The summed E-state index contributed by atoms with van der Waals surface area (Å²) in [5.74, 6) is -3.29. The fourth-order valence-corrected chi connectivity index (χ4v) is 7.24. The largest absolute Gasteiger partial charge is 0.480 e. The molecule has 1 fully saturated rings. The molecule has 3 aromatic carbocycles. The van der Waals surface area contributed by atoms with Crippen molar-refractivity contribution < 1.29 is 42.2 Å². The van der Waals surface area contributed by atoms with Crippen LogP contribution in [0.1, 0.15) is 37.8 Å². The minimum atomic E-state index is -4.10. The molecule has 3 aromatic rings. The molecule has 53 heavy (non-hydrogen) atoms. The van der Waals surface area contributed by atoms with Gasteiger partial charge in [-0.25, -0.2) is 18.0 Å². The number of benzene rings is 3. The Morgan fingerprint density at radius 3 is 2.26 bits per heavy atom. The highest BCUT2D eigenvalue weighted by Gasteiger charge is 2.41. The lowest BCUT2D eigenvalue weighted by atomic mass is 9.96. The van der Waals surface area contributed by atoms with E-state index in [-0.39, 0.29) is 49.4 Å². The third-order valence-corrected chi connectivity index (χ3v) is 10.9. The number of anilines is 2. The molecule has 16 heteroatoms. The Balaban J connectivity index is 1.31. The summed E-state index contributed by atoms with van der Waals surface area (Å²) in [6.07, 6.45) is 0.349. The van der Waals surface area contributed by atoms with Gasteiger partial charge in [-0.05, 0) is 60.7 Å². The van der Waals surface area contributed by atoms with Crippen LogP contribution in [0.3, 0.4) is 0 Å². The molecule has 15 nitrogen and oxygen atoms in total. The van der Waals surface area contributed by atoms with Crippen molar-refractivity contribution in [1.82, 2.24) is 19.8 Å². The van der Waals surface area contributed by atoms with Crippen LogP contribution in [0.4, 0.5) is 16.2 Å². The number of carboxylic acids is 1. The number of carbonyl (C=O) groups is 5. The van der Waals surface area contributed by atoms with Gasteiger partial charge in [0, 0.05) is 25.0 Å². The molecule has 5 amide bonds. The van der Waals surface area contributed by atoms with Gasteiger partial charge in [-0.1, -0.05) is 68.8 Å². The molecule has 0 saturated carbocycles. The second kappa shape index (κ2) is 18.4. The molecule has 0 radical (unpaired) electrons. The summed E-state index contributed by atoms with van der Waals surface area (Å²) in [6, 6.07) is 17.6. The maximum Gasteiger partial charge on any atom is 0.326 e. The number of carboxylic acid groups (broad SMARTS) is 1. The van der Waals surface area contributed by atoms with Crippen LogP contribution in [0.2, 0.25) is 0 Å². The van der Waals surface area contributed by atoms with Crippen molar-refractivity contribution >= 4 is 51.1 Å². The molecular formula is C37H46N6O9S. The van der Waals surface area contributed by atoms with Gasteiger partial charge in [0.15, 0.2) is 0 Å². The smallest absolute Gasteiger partial charge is 0.326 e. The third kappa shape index (κ3) is 10.6. The fraction of sp³-hybridized carbons (Fsp3) is 0.378. The molecule has 1 unspecified atom stereocenters. The summed E-state index contributed by atoms with van der Waals surface area (Å²) in [4.78, 5) is 65.8. The lowest BCUT2D eigenvalue weighted by molar-refractivity contribution is -0.142. The first-order valence-corrected chi connectivity index (χ1v) is 18.6. The van der Waals surface area contributed by atoms with Crippen molar-refractivity contribution in [3.8, 4) is 0 Å². The Morgan fingerprint density at radius 1 is 0.962 bits per heavy atom. The van der Waals surface area contributed by atoms with Crippen molar-refractivity contribution in [3.05, 3.63) is 90.0 Å². The van der Waals surface area contributed by atoms with Crippen LogP contribution < -0.4 is 21.3 Å². The summed E-state index contributed by atoms with van der Waals surface area (Å²) in [5, 5.41) is 20.5. The molecule has 1 heterocycles. The number of para-hydroxylation sites is 1. The predicted octanol–water partition coefficient (Wildman–Crippen LogP) is 3.18. The number of carbonyl (C=O) groups excluding carboxylic acids is 4. The molecular weight excluding hydrogens is 705 g/mol. The van der Waals surface area contributed by atoms with E-state index >= 15 is 0 Å². The van der Waals surface area contributed by atoms with E-state index in [2.05, 4.69) is 21.3 Å². The molecule has 1 aliphatic heterocycles. The van der Waals surface area contributed by atoms with Gasteiger partial charge in [0.1, 0.15) is 24.9 Å². The Hall–Kier alpha value is -5.32. The Bertz CT molecular complexity index is 1870. The molecule has 1 aliphatic rings. The van der Waals surface area contributed by atoms with E-state index in [9.17, 15) is 37.5 Å². The molecule has 0 bridgehead atoms. The van der Waals surface area contributed by atoms with E-state index in [0.717, 1.165) is 9.87 Å². The standard InChI is InChI=1S/C37H46N6O9S/c1-5-24(2)33(42(4)32(44)21-26-15-17-27(18-16-26)39-37(49)41-29-14-10-9-11-25(29)3)35(46)38-20-19-30(36(47)48)40-34(45)31-22-52-23-43(31)53(50,51)28-12-7-6-8-13-28/h6-18,24,30-31,33H,5,19-23H2,1-4H3,(H,38,46)(H,40,45)(H,47,48)(H2,39,41,49)/t24?,30-,31-,33-/m0/s1. The van der Waals surface area contributed by atoms with Gasteiger partial charge < -0.3 is 36.0 Å². The molecule has 284 valence electrons. The predicted molar refractivity (Wildman–Crippen MR) is 197 cm³/mol. The van der Waals surface area contributed by atoms with Crippen LogP contribution in [0.15, 0.2) is 83.8 Å². The van der Waals surface area contributed by atoms with Crippen molar-refractivity contribution in [2.45, 2.75) is 63.1 Å². The van der Waals surface area contributed by atoms with Gasteiger partial charge in [-0.15, -0.1) is 0 Å². The van der Waals surface area contributed by atoms with Crippen molar-refractivity contribution in [2.24, 2.45) is 5.92 Å². The van der Waals surface area contributed by atoms with Gasteiger partial charge in [-0.3, -0.25) is 14.4 Å². The van der Waals surface area contributed by atoms with E-state index in [1.807, 2.05) is 39.0 Å². The van der Waals surface area contributed by atoms with Crippen LogP contribution in [-0.2, 0) is 40.4 Å². The van der Waals surface area contributed by atoms with Gasteiger partial charge in [0.25, 0.3) is 0 Å². The normalized spacial score (nSPS) is 16.1. The number of nitrogens with one attached hydrogen (secondary N) is 4. The van der Waals surface area contributed by atoms with Crippen molar-refractivity contribution in [1.29, 1.82) is 0 Å². The topological polar surface area (TPSA) is 204 Å². The lowest BCUT2D eigenvalue weighted by Gasteiger charge is -2.32. The highest BCUT2D eigenvalue weighted by atomic mass is 32.2. The molecule has 1 saturated heterocycles. The molecule has 4 rings (SSSR count). The quantitative estimate of drug-likeness (QED) is 0.146. The van der Waals surface area contributed by atoms with Gasteiger partial charge in [0.05, 0.1) is 17.9 Å². The highest BCUT2D eigenvalue weighted by Crippen LogP contribution is 2.23. The number of amides is 5.